The molecule has 1 aromatic heterocycles. The highest BCUT2D eigenvalue weighted by atomic mass is 35.5. The summed E-state index contributed by atoms with van der Waals surface area (Å²) in [5.74, 6) is -0.298. The van der Waals surface area contributed by atoms with E-state index in [4.69, 9.17) is 16.3 Å². The molecular weight excluding hydrogens is 242 g/mol. The van der Waals surface area contributed by atoms with Crippen LogP contribution in [0.1, 0.15) is 0 Å². The van der Waals surface area contributed by atoms with E-state index in [0.717, 1.165) is 0 Å². The minimum Gasteiger partial charge on any atom is -0.379 e. The van der Waals surface area contributed by atoms with E-state index in [9.17, 15) is 4.79 Å². The van der Waals surface area contributed by atoms with Gasteiger partial charge in [0.05, 0.1) is 36.0 Å². The number of rotatable bonds is 3. The molecule has 5 nitrogen and oxygen atoms in total. The number of anilines is 1. The van der Waals surface area contributed by atoms with Gasteiger partial charge in [-0.15, -0.1) is 0 Å². The van der Waals surface area contributed by atoms with Gasteiger partial charge in [0.1, 0.15) is 0 Å². The Hall–Kier alpha value is -1.17. The minimum atomic E-state index is -0.198. The number of aromatic nitrogens is 1. The summed E-state index contributed by atoms with van der Waals surface area (Å²) in [4.78, 5) is 15.9. The van der Waals surface area contributed by atoms with Gasteiger partial charge in [0.2, 0.25) is 5.91 Å². The number of nitrogens with one attached hydrogen (secondary N) is 2. The maximum atomic E-state index is 12.0. The molecule has 0 spiro atoms. The second-order valence-corrected chi connectivity index (χ2v) is 4.29. The lowest BCUT2D eigenvalue weighted by molar-refractivity contribution is -0.120. The van der Waals surface area contributed by atoms with Gasteiger partial charge >= 0.3 is 0 Å². The van der Waals surface area contributed by atoms with Gasteiger partial charge in [-0.2, -0.15) is 0 Å². The van der Waals surface area contributed by atoms with Crippen LogP contribution < -0.4 is 10.6 Å². The Balaban J connectivity index is 2.04. The maximum absolute atomic E-state index is 12.0. The Morgan fingerprint density at radius 3 is 3.12 bits per heavy atom. The lowest BCUT2D eigenvalue weighted by atomic mass is 10.0. The summed E-state index contributed by atoms with van der Waals surface area (Å²) in [5, 5.41) is 6.30. The molecule has 0 bridgehead atoms. The van der Waals surface area contributed by atoms with E-state index in [-0.39, 0.29) is 17.9 Å². The molecule has 0 aromatic carbocycles. The molecule has 0 saturated carbocycles. The fourth-order valence-corrected chi connectivity index (χ4v) is 1.94. The Bertz CT molecular complexity index is 413. The van der Waals surface area contributed by atoms with Gasteiger partial charge in [-0.25, -0.2) is 0 Å². The smallest absolute Gasteiger partial charge is 0.231 e. The second kappa shape index (κ2) is 5.44. The van der Waals surface area contributed by atoms with Crippen LogP contribution in [0.3, 0.4) is 0 Å². The molecule has 2 atom stereocenters. The third-order valence-electron chi connectivity index (χ3n) is 2.81. The molecule has 2 heterocycles. The van der Waals surface area contributed by atoms with E-state index >= 15 is 0 Å². The fraction of sp³-hybridized carbons (Fsp3) is 0.455. The first-order valence-electron chi connectivity index (χ1n) is 5.37. The van der Waals surface area contributed by atoms with Crippen molar-refractivity contribution in [2.45, 2.75) is 6.04 Å². The Labute approximate surface area is 105 Å². The second-order valence-electron chi connectivity index (χ2n) is 3.88. The zero-order chi connectivity index (χ0) is 12.3. The van der Waals surface area contributed by atoms with Crippen LogP contribution in [0.2, 0.25) is 5.02 Å². The Morgan fingerprint density at radius 2 is 2.41 bits per heavy atom. The number of hydrogen-bond donors (Lipinski definition) is 2. The van der Waals surface area contributed by atoms with Crippen molar-refractivity contribution in [1.29, 1.82) is 0 Å². The van der Waals surface area contributed by atoms with Crippen LogP contribution in [0.4, 0.5) is 5.69 Å². The van der Waals surface area contributed by atoms with Gasteiger partial charge in [-0.1, -0.05) is 11.6 Å². The number of carbonyl (C=O) groups excluding carboxylic acids is 1. The first-order chi connectivity index (χ1) is 8.22. The van der Waals surface area contributed by atoms with Crippen molar-refractivity contribution in [1.82, 2.24) is 10.3 Å². The van der Waals surface area contributed by atoms with Crippen molar-refractivity contribution in [2.75, 3.05) is 25.6 Å². The molecule has 1 amide bonds. The molecule has 2 N–H and O–H groups in total. The summed E-state index contributed by atoms with van der Waals surface area (Å²) < 4.78 is 5.28. The summed E-state index contributed by atoms with van der Waals surface area (Å²) in [5.41, 5.74) is 0.529. The summed E-state index contributed by atoms with van der Waals surface area (Å²) in [7, 11) is 1.82. The quantitative estimate of drug-likeness (QED) is 0.843. The first-order valence-corrected chi connectivity index (χ1v) is 5.75. The lowest BCUT2D eigenvalue weighted by Gasteiger charge is -2.16. The van der Waals surface area contributed by atoms with E-state index in [1.54, 1.807) is 12.3 Å². The van der Waals surface area contributed by atoms with E-state index in [0.29, 0.717) is 23.9 Å². The van der Waals surface area contributed by atoms with Crippen LogP contribution in [0.15, 0.2) is 18.5 Å². The van der Waals surface area contributed by atoms with E-state index < -0.39 is 0 Å². The summed E-state index contributed by atoms with van der Waals surface area (Å²) in [6.07, 6.45) is 3.11. The van der Waals surface area contributed by atoms with Crippen LogP contribution in [0.25, 0.3) is 0 Å². The molecule has 6 heteroatoms. The third kappa shape index (κ3) is 2.74. The van der Waals surface area contributed by atoms with Crippen LogP contribution in [-0.2, 0) is 9.53 Å². The number of ether oxygens (including phenoxy) is 1. The molecule has 0 aliphatic carbocycles. The number of amides is 1. The molecule has 1 fully saturated rings. The lowest BCUT2D eigenvalue weighted by Crippen LogP contribution is -2.39. The van der Waals surface area contributed by atoms with Crippen LogP contribution in [0, 0.1) is 5.92 Å². The van der Waals surface area contributed by atoms with Gasteiger partial charge in [-0.05, 0) is 13.1 Å². The summed E-state index contributed by atoms with van der Waals surface area (Å²) in [6, 6.07) is 1.68. The van der Waals surface area contributed by atoms with Gasteiger partial charge < -0.3 is 15.4 Å². The topological polar surface area (TPSA) is 63.2 Å². The monoisotopic (exact) mass is 255 g/mol. The van der Waals surface area contributed by atoms with Gasteiger partial charge in [0, 0.05) is 12.2 Å². The zero-order valence-corrected chi connectivity index (χ0v) is 10.2. The summed E-state index contributed by atoms with van der Waals surface area (Å²) >= 11 is 5.94. The van der Waals surface area contributed by atoms with E-state index in [2.05, 4.69) is 15.6 Å². The van der Waals surface area contributed by atoms with Gasteiger partial charge in [-0.3, -0.25) is 9.78 Å². The average Bonchev–Trinajstić information content (AvgIpc) is 2.80. The number of hydrogen-bond acceptors (Lipinski definition) is 4. The third-order valence-corrected chi connectivity index (χ3v) is 3.14. The Kier molecular flexibility index (Phi) is 3.93. The van der Waals surface area contributed by atoms with E-state index in [1.807, 2.05) is 7.05 Å². The van der Waals surface area contributed by atoms with Crippen molar-refractivity contribution in [3.63, 3.8) is 0 Å². The molecule has 0 radical (unpaired) electrons. The summed E-state index contributed by atoms with van der Waals surface area (Å²) in [6.45, 7) is 0.977. The van der Waals surface area contributed by atoms with Crippen molar-refractivity contribution in [2.24, 2.45) is 5.92 Å². The average molecular weight is 256 g/mol. The standard InChI is InChI=1S/C11H14ClN3O2/c1-13-10-6-17-5-7(10)11(16)15-9-4-14-3-2-8(9)12/h2-4,7,10,13H,5-6H2,1H3,(H,15,16). The molecule has 1 saturated heterocycles. The van der Waals surface area contributed by atoms with Crippen LogP contribution in [-0.4, -0.2) is 37.2 Å². The van der Waals surface area contributed by atoms with Gasteiger partial charge in [0.15, 0.2) is 0 Å². The van der Waals surface area contributed by atoms with E-state index in [1.165, 1.54) is 6.20 Å². The highest BCUT2D eigenvalue weighted by Gasteiger charge is 2.33. The Morgan fingerprint density at radius 1 is 1.59 bits per heavy atom. The van der Waals surface area contributed by atoms with Crippen molar-refractivity contribution >= 4 is 23.2 Å². The normalized spacial score (nSPS) is 23.6. The molecule has 2 unspecified atom stereocenters. The molecule has 1 aliphatic heterocycles. The molecule has 2 rings (SSSR count). The highest BCUT2D eigenvalue weighted by Crippen LogP contribution is 2.21. The molecule has 1 aromatic rings. The van der Waals surface area contributed by atoms with Crippen LogP contribution >= 0.6 is 11.6 Å². The van der Waals surface area contributed by atoms with Crippen molar-refractivity contribution in [3.8, 4) is 0 Å². The minimum absolute atomic E-state index is 0.0467. The van der Waals surface area contributed by atoms with Crippen molar-refractivity contribution < 1.29 is 9.53 Å². The molecule has 1 aliphatic rings. The van der Waals surface area contributed by atoms with Crippen LogP contribution in [0.5, 0.6) is 0 Å². The first kappa shape index (κ1) is 12.3. The number of carbonyl (C=O) groups is 1. The zero-order valence-electron chi connectivity index (χ0n) is 9.44. The van der Waals surface area contributed by atoms with Crippen molar-refractivity contribution in [3.05, 3.63) is 23.5 Å². The largest absolute Gasteiger partial charge is 0.379 e. The highest BCUT2D eigenvalue weighted by molar-refractivity contribution is 6.33. The number of halogens is 1. The number of likely N-dealkylation sites (N-methyl/N-ethyl adjacent to an activating group) is 1. The predicted octanol–water partition coefficient (Wildman–Crippen LogP) is 0.908. The molecule has 17 heavy (non-hydrogen) atoms. The number of pyridine rings is 1. The SMILES string of the molecule is CNC1COCC1C(=O)Nc1cnccc1Cl. The fourth-order valence-electron chi connectivity index (χ4n) is 1.79. The predicted molar refractivity (Wildman–Crippen MR) is 65.0 cm³/mol. The number of nitrogens with zero attached hydrogens (tertiary/aromatic N) is 1. The maximum Gasteiger partial charge on any atom is 0.231 e. The molecular formula is C11H14ClN3O2. The molecule has 92 valence electrons. The van der Waals surface area contributed by atoms with Gasteiger partial charge in [0.25, 0.3) is 0 Å².